The van der Waals surface area contributed by atoms with Crippen molar-refractivity contribution in [3.63, 3.8) is 0 Å². The van der Waals surface area contributed by atoms with Crippen LogP contribution in [0.25, 0.3) is 0 Å². The van der Waals surface area contributed by atoms with E-state index in [0.29, 0.717) is 24.8 Å². The Kier molecular flexibility index (Phi) is 4.21. The maximum absolute atomic E-state index is 12.7. The third-order valence-electron chi connectivity index (χ3n) is 4.82. The predicted molar refractivity (Wildman–Crippen MR) is 98.6 cm³/mol. The minimum absolute atomic E-state index is 0.0757. The number of rotatable bonds is 3. The molecule has 130 valence electrons. The highest BCUT2D eigenvalue weighted by Gasteiger charge is 2.25. The molecule has 2 aromatic rings. The molecule has 2 amide bonds. The Morgan fingerprint density at radius 3 is 3.08 bits per heavy atom. The van der Waals surface area contributed by atoms with E-state index in [4.69, 9.17) is 4.74 Å². The van der Waals surface area contributed by atoms with Gasteiger partial charge in [0.1, 0.15) is 6.61 Å². The SMILES string of the molecule is CC1CCc2c(C(=O)Nc3cccc(N4CCOC4=O)c3)csc2C1. The summed E-state index contributed by atoms with van der Waals surface area (Å²) in [7, 11) is 0. The van der Waals surface area contributed by atoms with Crippen LogP contribution in [0.2, 0.25) is 0 Å². The Labute approximate surface area is 150 Å². The molecule has 1 aromatic heterocycles. The molecule has 6 heteroatoms. The zero-order valence-electron chi connectivity index (χ0n) is 14.1. The molecule has 2 aliphatic rings. The third-order valence-corrected chi connectivity index (χ3v) is 5.87. The van der Waals surface area contributed by atoms with E-state index in [1.165, 1.54) is 10.4 Å². The lowest BCUT2D eigenvalue weighted by Gasteiger charge is -2.19. The van der Waals surface area contributed by atoms with Gasteiger partial charge in [-0.15, -0.1) is 11.3 Å². The van der Waals surface area contributed by atoms with E-state index in [9.17, 15) is 9.59 Å². The smallest absolute Gasteiger partial charge is 0.414 e. The number of carbonyl (C=O) groups is 2. The monoisotopic (exact) mass is 356 g/mol. The van der Waals surface area contributed by atoms with Gasteiger partial charge in [-0.3, -0.25) is 9.69 Å². The summed E-state index contributed by atoms with van der Waals surface area (Å²) in [4.78, 5) is 27.3. The van der Waals surface area contributed by atoms with E-state index in [0.717, 1.165) is 30.5 Å². The van der Waals surface area contributed by atoms with Crippen LogP contribution in [0.15, 0.2) is 29.6 Å². The fraction of sp³-hybridized carbons (Fsp3) is 0.368. The van der Waals surface area contributed by atoms with Crippen LogP contribution in [0.3, 0.4) is 0 Å². The van der Waals surface area contributed by atoms with Crippen molar-refractivity contribution in [2.24, 2.45) is 5.92 Å². The number of thiophene rings is 1. The Morgan fingerprint density at radius 2 is 2.28 bits per heavy atom. The second-order valence-corrected chi connectivity index (χ2v) is 7.63. The lowest BCUT2D eigenvalue weighted by Crippen LogP contribution is -2.23. The molecule has 5 nitrogen and oxygen atoms in total. The number of carbonyl (C=O) groups excluding carboxylic acids is 2. The fourth-order valence-electron chi connectivity index (χ4n) is 3.45. The van der Waals surface area contributed by atoms with Crippen molar-refractivity contribution in [2.45, 2.75) is 26.2 Å². The number of hydrogen-bond acceptors (Lipinski definition) is 4. The quantitative estimate of drug-likeness (QED) is 0.901. The van der Waals surface area contributed by atoms with Crippen LogP contribution in [0.1, 0.15) is 34.1 Å². The summed E-state index contributed by atoms with van der Waals surface area (Å²) in [6.07, 6.45) is 2.84. The van der Waals surface area contributed by atoms with Crippen LogP contribution in [-0.4, -0.2) is 25.2 Å². The molecular formula is C19H20N2O3S. The number of hydrogen-bond donors (Lipinski definition) is 1. The van der Waals surface area contributed by atoms with Crippen molar-refractivity contribution in [2.75, 3.05) is 23.4 Å². The number of nitrogens with one attached hydrogen (secondary N) is 1. The third kappa shape index (κ3) is 3.14. The van der Waals surface area contributed by atoms with Crippen molar-refractivity contribution in [1.29, 1.82) is 0 Å². The van der Waals surface area contributed by atoms with Gasteiger partial charge in [0.2, 0.25) is 0 Å². The van der Waals surface area contributed by atoms with E-state index >= 15 is 0 Å². The number of ether oxygens (including phenoxy) is 1. The topological polar surface area (TPSA) is 58.6 Å². The highest BCUT2D eigenvalue weighted by Crippen LogP contribution is 2.33. The van der Waals surface area contributed by atoms with E-state index in [2.05, 4.69) is 12.2 Å². The lowest BCUT2D eigenvalue weighted by molar-refractivity contribution is 0.102. The van der Waals surface area contributed by atoms with Gasteiger partial charge in [0.15, 0.2) is 0 Å². The van der Waals surface area contributed by atoms with E-state index in [1.807, 2.05) is 29.6 Å². The summed E-state index contributed by atoms with van der Waals surface area (Å²) in [5.74, 6) is 0.618. The molecule has 1 atom stereocenters. The molecule has 1 N–H and O–H groups in total. The summed E-state index contributed by atoms with van der Waals surface area (Å²) >= 11 is 1.69. The zero-order valence-corrected chi connectivity index (χ0v) is 14.9. The van der Waals surface area contributed by atoms with Crippen molar-refractivity contribution in [3.8, 4) is 0 Å². The molecule has 1 fully saturated rings. The van der Waals surface area contributed by atoms with Gasteiger partial charge < -0.3 is 10.1 Å². The summed E-state index contributed by atoms with van der Waals surface area (Å²) < 4.78 is 4.97. The highest BCUT2D eigenvalue weighted by molar-refractivity contribution is 7.10. The molecule has 4 rings (SSSR count). The number of anilines is 2. The average molecular weight is 356 g/mol. The molecule has 0 bridgehead atoms. The molecular weight excluding hydrogens is 336 g/mol. The molecule has 1 unspecified atom stereocenters. The summed E-state index contributed by atoms with van der Waals surface area (Å²) in [5.41, 5.74) is 3.42. The van der Waals surface area contributed by atoms with E-state index in [1.54, 1.807) is 16.2 Å². The molecule has 2 heterocycles. The Bertz CT molecular complexity index is 830. The fourth-order valence-corrected chi connectivity index (χ4v) is 4.69. The number of fused-ring (bicyclic) bond motifs is 1. The molecule has 0 spiro atoms. The van der Waals surface area contributed by atoms with Crippen LogP contribution in [0.5, 0.6) is 0 Å². The van der Waals surface area contributed by atoms with Crippen molar-refractivity contribution < 1.29 is 14.3 Å². The first-order chi connectivity index (χ1) is 12.1. The maximum atomic E-state index is 12.7. The Morgan fingerprint density at radius 1 is 1.40 bits per heavy atom. The van der Waals surface area contributed by atoms with Gasteiger partial charge in [0.05, 0.1) is 12.1 Å². The van der Waals surface area contributed by atoms with Crippen LogP contribution in [-0.2, 0) is 17.6 Å². The summed E-state index contributed by atoms with van der Waals surface area (Å²) in [6, 6.07) is 7.33. The van der Waals surface area contributed by atoms with E-state index in [-0.39, 0.29) is 12.0 Å². The minimum Gasteiger partial charge on any atom is -0.447 e. The van der Waals surface area contributed by atoms with Crippen molar-refractivity contribution in [3.05, 3.63) is 45.6 Å². The molecule has 0 radical (unpaired) electrons. The summed E-state index contributed by atoms with van der Waals surface area (Å²) in [5, 5.41) is 4.95. The maximum Gasteiger partial charge on any atom is 0.414 e. The molecule has 25 heavy (non-hydrogen) atoms. The average Bonchev–Trinajstić information content (AvgIpc) is 3.20. The Balaban J connectivity index is 1.53. The second kappa shape index (κ2) is 6.52. The number of amides is 2. The first kappa shape index (κ1) is 16.1. The summed E-state index contributed by atoms with van der Waals surface area (Å²) in [6.45, 7) is 3.19. The van der Waals surface area contributed by atoms with Crippen LogP contribution in [0.4, 0.5) is 16.2 Å². The zero-order chi connectivity index (χ0) is 17.4. The molecule has 1 aliphatic heterocycles. The molecule has 1 aromatic carbocycles. The highest BCUT2D eigenvalue weighted by atomic mass is 32.1. The standard InChI is InChI=1S/C19H20N2O3S/c1-12-5-6-15-16(11-25-17(15)9-12)18(22)20-13-3-2-4-14(10-13)21-7-8-24-19(21)23/h2-4,10-12H,5-9H2,1H3,(H,20,22). The number of cyclic esters (lactones) is 1. The van der Waals surface area contributed by atoms with Gasteiger partial charge in [-0.25, -0.2) is 4.79 Å². The molecule has 0 saturated carbocycles. The van der Waals surface area contributed by atoms with Crippen LogP contribution < -0.4 is 10.2 Å². The Hall–Kier alpha value is -2.34. The number of nitrogens with zero attached hydrogens (tertiary/aromatic N) is 1. The predicted octanol–water partition coefficient (Wildman–Crippen LogP) is 4.08. The normalized spacial score (nSPS) is 19.5. The second-order valence-electron chi connectivity index (χ2n) is 6.67. The minimum atomic E-state index is -0.343. The molecule has 1 aliphatic carbocycles. The first-order valence-electron chi connectivity index (χ1n) is 8.57. The first-order valence-corrected chi connectivity index (χ1v) is 9.44. The van der Waals surface area contributed by atoms with Crippen molar-refractivity contribution >= 4 is 34.7 Å². The molecule has 1 saturated heterocycles. The van der Waals surface area contributed by atoms with Gasteiger partial charge in [-0.05, 0) is 48.9 Å². The van der Waals surface area contributed by atoms with Crippen LogP contribution >= 0.6 is 11.3 Å². The van der Waals surface area contributed by atoms with E-state index < -0.39 is 0 Å². The number of benzene rings is 1. The van der Waals surface area contributed by atoms with Gasteiger partial charge in [0.25, 0.3) is 5.91 Å². The van der Waals surface area contributed by atoms with Gasteiger partial charge in [-0.2, -0.15) is 0 Å². The van der Waals surface area contributed by atoms with Gasteiger partial charge in [-0.1, -0.05) is 13.0 Å². The van der Waals surface area contributed by atoms with Gasteiger partial charge >= 0.3 is 6.09 Å². The van der Waals surface area contributed by atoms with Crippen molar-refractivity contribution in [1.82, 2.24) is 0 Å². The van der Waals surface area contributed by atoms with Gasteiger partial charge in [0, 0.05) is 21.6 Å². The lowest BCUT2D eigenvalue weighted by atomic mass is 9.88. The largest absolute Gasteiger partial charge is 0.447 e. The van der Waals surface area contributed by atoms with Crippen LogP contribution in [0, 0.1) is 5.92 Å².